The molecule has 3 heteroatoms. The van der Waals surface area contributed by atoms with E-state index in [0.29, 0.717) is 0 Å². The number of rotatable bonds is 1. The van der Waals surface area contributed by atoms with Crippen LogP contribution in [0.3, 0.4) is 0 Å². The Morgan fingerprint density at radius 3 is 3.11 bits per heavy atom. The smallest absolute Gasteiger partial charge is 0.221 e. The van der Waals surface area contributed by atoms with E-state index in [4.69, 9.17) is 0 Å². The second-order valence-electron chi connectivity index (χ2n) is 1.61. The average Bonchev–Trinajstić information content (AvgIpc) is 2.15. The van der Waals surface area contributed by atoms with Gasteiger partial charge in [-0.25, -0.2) is 0 Å². The molecule has 1 aromatic rings. The molecule has 1 rings (SSSR count). The number of carbonyl (C=O) groups excluding carboxylic acids is 1. The molecule has 0 fully saturated rings. The fraction of sp³-hybridized carbons (Fsp3) is 0.167. The molecule has 2 nitrogen and oxygen atoms in total. The highest BCUT2D eigenvalue weighted by Crippen LogP contribution is 2.09. The Morgan fingerprint density at radius 1 is 1.89 bits per heavy atom. The van der Waals surface area contributed by atoms with Crippen molar-refractivity contribution in [2.45, 2.75) is 6.92 Å². The van der Waals surface area contributed by atoms with Crippen LogP contribution in [0.15, 0.2) is 10.8 Å². The Hall–Kier alpha value is -0.830. The number of nitrogens with one attached hydrogen (secondary N) is 1. The average molecular weight is 140 g/mol. The van der Waals surface area contributed by atoms with Crippen LogP contribution in [0.4, 0.5) is 5.69 Å². The summed E-state index contributed by atoms with van der Waals surface area (Å²) in [7, 11) is 0. The van der Waals surface area contributed by atoms with E-state index in [1.54, 1.807) is 5.38 Å². The van der Waals surface area contributed by atoms with Crippen LogP contribution < -0.4 is 5.32 Å². The molecule has 0 aliphatic carbocycles. The first kappa shape index (κ1) is 6.29. The molecule has 47 valence electrons. The van der Waals surface area contributed by atoms with Crippen molar-refractivity contribution in [3.05, 3.63) is 16.8 Å². The molecular formula is C6H6NOS. The first-order chi connectivity index (χ1) is 4.29. The van der Waals surface area contributed by atoms with Crippen molar-refractivity contribution in [1.29, 1.82) is 0 Å². The zero-order chi connectivity index (χ0) is 6.69. The van der Waals surface area contributed by atoms with E-state index in [1.165, 1.54) is 18.3 Å². The van der Waals surface area contributed by atoms with Gasteiger partial charge in [0.05, 0.1) is 5.69 Å². The molecule has 0 atom stereocenters. The summed E-state index contributed by atoms with van der Waals surface area (Å²) in [6.07, 6.45) is 0. The fourth-order valence-electron chi connectivity index (χ4n) is 0.489. The zero-order valence-electron chi connectivity index (χ0n) is 4.97. The summed E-state index contributed by atoms with van der Waals surface area (Å²) >= 11 is 1.51. The molecule has 0 aliphatic rings. The monoisotopic (exact) mass is 140 g/mol. The van der Waals surface area contributed by atoms with Gasteiger partial charge in [-0.1, -0.05) is 0 Å². The highest BCUT2D eigenvalue weighted by atomic mass is 32.1. The first-order valence-electron chi connectivity index (χ1n) is 2.50. The molecule has 0 unspecified atom stereocenters. The first-order valence-corrected chi connectivity index (χ1v) is 3.45. The lowest BCUT2D eigenvalue weighted by Gasteiger charge is -1.92. The Bertz CT molecular complexity index is 193. The van der Waals surface area contributed by atoms with E-state index in [1.807, 2.05) is 5.38 Å². The Balaban J connectivity index is 2.58. The maximum atomic E-state index is 10.4. The Kier molecular flexibility index (Phi) is 1.85. The standard InChI is InChI=1S/C6H6NOS/c1-5(8)7-6-2-3-9-4-6/h3-4H,1H3,(H,7,8). The maximum Gasteiger partial charge on any atom is 0.221 e. The summed E-state index contributed by atoms with van der Waals surface area (Å²) in [4.78, 5) is 10.4. The van der Waals surface area contributed by atoms with Gasteiger partial charge in [-0.15, -0.1) is 11.3 Å². The summed E-state index contributed by atoms with van der Waals surface area (Å²) in [5, 5.41) is 6.23. The number of hydrogen-bond acceptors (Lipinski definition) is 2. The lowest BCUT2D eigenvalue weighted by atomic mass is 10.5. The molecule has 1 aromatic heterocycles. The van der Waals surface area contributed by atoms with Gasteiger partial charge < -0.3 is 5.32 Å². The van der Waals surface area contributed by atoms with Gasteiger partial charge in [0.25, 0.3) is 0 Å². The van der Waals surface area contributed by atoms with Gasteiger partial charge in [-0.2, -0.15) is 0 Å². The molecule has 0 saturated carbocycles. The molecule has 0 spiro atoms. The second-order valence-corrected chi connectivity index (χ2v) is 2.35. The van der Waals surface area contributed by atoms with Crippen LogP contribution in [-0.2, 0) is 4.79 Å². The normalized spacial score (nSPS) is 9.00. The molecule has 0 aliphatic heterocycles. The lowest BCUT2D eigenvalue weighted by Crippen LogP contribution is -2.04. The van der Waals surface area contributed by atoms with Crippen molar-refractivity contribution in [2.75, 3.05) is 5.32 Å². The van der Waals surface area contributed by atoms with Crippen LogP contribution in [0.2, 0.25) is 0 Å². The van der Waals surface area contributed by atoms with Crippen molar-refractivity contribution in [3.63, 3.8) is 0 Å². The van der Waals surface area contributed by atoms with E-state index >= 15 is 0 Å². The number of carbonyl (C=O) groups is 1. The van der Waals surface area contributed by atoms with E-state index in [2.05, 4.69) is 11.4 Å². The third kappa shape index (κ3) is 1.85. The van der Waals surface area contributed by atoms with Crippen LogP contribution in [0.25, 0.3) is 0 Å². The van der Waals surface area contributed by atoms with Crippen LogP contribution in [0.5, 0.6) is 0 Å². The lowest BCUT2D eigenvalue weighted by molar-refractivity contribution is -0.114. The predicted molar refractivity (Wildman–Crippen MR) is 37.5 cm³/mol. The molecule has 1 heterocycles. The summed E-state index contributed by atoms with van der Waals surface area (Å²) in [6, 6.07) is 2.86. The van der Waals surface area contributed by atoms with Gasteiger partial charge in [-0.3, -0.25) is 4.79 Å². The van der Waals surface area contributed by atoms with Crippen molar-refractivity contribution in [3.8, 4) is 0 Å². The van der Waals surface area contributed by atoms with Crippen LogP contribution >= 0.6 is 11.3 Å². The van der Waals surface area contributed by atoms with Gasteiger partial charge >= 0.3 is 0 Å². The molecule has 0 bridgehead atoms. The topological polar surface area (TPSA) is 29.1 Å². The fourth-order valence-corrected chi connectivity index (χ4v) is 1.01. The van der Waals surface area contributed by atoms with E-state index in [9.17, 15) is 4.79 Å². The van der Waals surface area contributed by atoms with Crippen LogP contribution in [0, 0.1) is 6.07 Å². The summed E-state index contributed by atoms with van der Waals surface area (Å²) in [5.74, 6) is -0.0512. The minimum atomic E-state index is -0.0512. The molecular weight excluding hydrogens is 134 g/mol. The zero-order valence-corrected chi connectivity index (χ0v) is 5.79. The highest BCUT2D eigenvalue weighted by molar-refractivity contribution is 7.08. The van der Waals surface area contributed by atoms with Gasteiger partial charge in [0.15, 0.2) is 0 Å². The van der Waals surface area contributed by atoms with Crippen LogP contribution in [-0.4, -0.2) is 5.91 Å². The molecule has 1 N–H and O–H groups in total. The summed E-state index contributed by atoms with van der Waals surface area (Å²) in [5.41, 5.74) is 0.757. The molecule has 1 radical (unpaired) electrons. The number of thiophene rings is 1. The van der Waals surface area contributed by atoms with Crippen molar-refractivity contribution in [1.82, 2.24) is 0 Å². The number of hydrogen-bond donors (Lipinski definition) is 1. The van der Waals surface area contributed by atoms with Crippen molar-refractivity contribution in [2.24, 2.45) is 0 Å². The number of anilines is 1. The molecule has 0 saturated heterocycles. The van der Waals surface area contributed by atoms with Gasteiger partial charge in [-0.05, 0) is 0 Å². The van der Waals surface area contributed by atoms with Gasteiger partial charge in [0, 0.05) is 23.8 Å². The quantitative estimate of drug-likeness (QED) is 0.629. The van der Waals surface area contributed by atoms with Crippen molar-refractivity contribution < 1.29 is 4.79 Å². The van der Waals surface area contributed by atoms with Gasteiger partial charge in [0.2, 0.25) is 5.91 Å². The number of amides is 1. The SMILES string of the molecule is CC(=O)Nc1[c]csc1. The third-order valence-corrected chi connectivity index (χ3v) is 1.40. The molecule has 1 amide bonds. The second kappa shape index (κ2) is 2.64. The summed E-state index contributed by atoms with van der Waals surface area (Å²) in [6.45, 7) is 1.48. The van der Waals surface area contributed by atoms with Crippen molar-refractivity contribution >= 4 is 22.9 Å². The third-order valence-electron chi connectivity index (χ3n) is 0.779. The minimum absolute atomic E-state index is 0.0512. The largest absolute Gasteiger partial charge is 0.325 e. The minimum Gasteiger partial charge on any atom is -0.325 e. The molecule has 0 aromatic carbocycles. The Morgan fingerprint density at radius 2 is 2.67 bits per heavy atom. The molecule has 9 heavy (non-hydrogen) atoms. The van der Waals surface area contributed by atoms with Gasteiger partial charge in [0.1, 0.15) is 0 Å². The summed E-state index contributed by atoms with van der Waals surface area (Å²) < 4.78 is 0. The van der Waals surface area contributed by atoms with E-state index in [0.717, 1.165) is 5.69 Å². The van der Waals surface area contributed by atoms with E-state index in [-0.39, 0.29) is 5.91 Å². The Labute approximate surface area is 57.5 Å². The maximum absolute atomic E-state index is 10.4. The van der Waals surface area contributed by atoms with Crippen LogP contribution in [0.1, 0.15) is 6.92 Å². The highest BCUT2D eigenvalue weighted by Gasteiger charge is 1.92. The van der Waals surface area contributed by atoms with E-state index < -0.39 is 0 Å². The predicted octanol–water partition coefficient (Wildman–Crippen LogP) is 1.51.